The van der Waals surface area contributed by atoms with E-state index in [-0.39, 0.29) is 29.9 Å². The molecular weight excluding hydrogens is 685 g/mol. The van der Waals surface area contributed by atoms with Crippen molar-refractivity contribution in [2.75, 3.05) is 38.5 Å². The smallest absolute Gasteiger partial charge is 0.220 e. The number of carbonyl (C=O) groups is 3. The van der Waals surface area contributed by atoms with E-state index in [4.69, 9.17) is 14.2 Å². The van der Waals surface area contributed by atoms with Crippen LogP contribution in [0.3, 0.4) is 0 Å². The number of ether oxygens (including phenoxy) is 3. The summed E-state index contributed by atoms with van der Waals surface area (Å²) in [6.07, 6.45) is 10.2. The molecule has 0 saturated carbocycles. The van der Waals surface area contributed by atoms with Crippen molar-refractivity contribution in [3.8, 4) is 5.75 Å². The van der Waals surface area contributed by atoms with Gasteiger partial charge in [0.2, 0.25) is 5.91 Å². The lowest BCUT2D eigenvalue weighted by Gasteiger charge is -2.29. The van der Waals surface area contributed by atoms with Gasteiger partial charge in [0, 0.05) is 44.1 Å². The average Bonchev–Trinajstić information content (AvgIpc) is 3.40. The van der Waals surface area contributed by atoms with Crippen molar-refractivity contribution < 1.29 is 28.6 Å². The number of ketones is 1. The fourth-order valence-electron chi connectivity index (χ4n) is 5.33. The number of nitrogens with one attached hydrogen (secondary N) is 1. The molecule has 0 radical (unpaired) electrons. The highest BCUT2D eigenvalue weighted by atomic mass is 32.2. The molecule has 1 amide bonds. The lowest BCUT2D eigenvalue weighted by Crippen LogP contribution is -2.25. The normalized spacial score (nSPS) is 13.6. The van der Waals surface area contributed by atoms with Crippen LogP contribution in [0.4, 0.5) is 5.69 Å². The van der Waals surface area contributed by atoms with Crippen molar-refractivity contribution in [1.82, 2.24) is 5.32 Å². The monoisotopic (exact) mass is 746 g/mol. The molecule has 53 heavy (non-hydrogen) atoms. The summed E-state index contributed by atoms with van der Waals surface area (Å²) in [6, 6.07) is 26.2. The molecule has 8 nitrogen and oxygen atoms in total. The van der Waals surface area contributed by atoms with Crippen molar-refractivity contribution in [3.63, 3.8) is 0 Å². The number of rotatable bonds is 17. The summed E-state index contributed by atoms with van der Waals surface area (Å²) in [4.78, 5) is 35.5. The first-order valence-electron chi connectivity index (χ1n) is 18.7. The zero-order valence-corrected chi connectivity index (χ0v) is 34.2. The number of Topliss-reactive ketones (excluding diaryl/α,β-unsaturated/α-hetero) is 1. The van der Waals surface area contributed by atoms with Crippen molar-refractivity contribution in [2.45, 2.75) is 85.6 Å². The lowest BCUT2D eigenvalue weighted by atomic mass is 10.00. The number of nitrogens with zero attached hydrogens (tertiary/aromatic N) is 1. The molecule has 1 aliphatic rings. The van der Waals surface area contributed by atoms with E-state index in [1.807, 2.05) is 95.3 Å². The van der Waals surface area contributed by atoms with Crippen molar-refractivity contribution in [1.29, 1.82) is 0 Å². The molecular formula is C44H62N2O6S. The van der Waals surface area contributed by atoms with Crippen molar-refractivity contribution in [3.05, 3.63) is 119 Å². The van der Waals surface area contributed by atoms with E-state index < -0.39 is 0 Å². The van der Waals surface area contributed by atoms with Gasteiger partial charge in [-0.2, -0.15) is 0 Å². The van der Waals surface area contributed by atoms with E-state index >= 15 is 0 Å². The number of hydrogen-bond donors (Lipinski definition) is 1. The van der Waals surface area contributed by atoms with E-state index in [2.05, 4.69) is 53.9 Å². The second-order valence-electron chi connectivity index (χ2n) is 11.6. The van der Waals surface area contributed by atoms with Crippen LogP contribution in [0, 0.1) is 5.92 Å². The Bertz CT molecular complexity index is 1520. The molecule has 0 bridgehead atoms. The number of amides is 1. The summed E-state index contributed by atoms with van der Waals surface area (Å²) in [5.74, 6) is 2.94. The van der Waals surface area contributed by atoms with Gasteiger partial charge in [0.1, 0.15) is 24.4 Å². The standard InChI is InChI=1S/C24H25NO2S.C16H25NO4.2C2H6/c1-18(26)21-10-7-11-22(16-21)25(2)24(28-3)20-12-14-23(15-13-20)27-17-19-8-5-4-6-9-19;1-3-21-15-9-7-13(6-8-14(15)20-2)10-11-17-16(19)5-4-12-18;2*1-2/h4-16,24H,17H2,1-3H3;6,8,12-13H,3-5,7,9-11H2,1-2H3,(H,17,19);2*1-2H3. The summed E-state index contributed by atoms with van der Waals surface area (Å²) in [7, 11) is 3.70. The quantitative estimate of drug-likeness (QED) is 0.0829. The summed E-state index contributed by atoms with van der Waals surface area (Å²) in [6.45, 7) is 13.4. The number of methoxy groups -OCH3 is 1. The van der Waals surface area contributed by atoms with Crippen molar-refractivity contribution >= 4 is 35.4 Å². The molecule has 0 aliphatic heterocycles. The fourth-order valence-corrected chi connectivity index (χ4v) is 6.20. The SMILES string of the molecule is CC.CC.CCOC1=C(OC)C=CC(CCNC(=O)CCC=O)CC1.CSC(c1ccc(OCc2ccccc2)cc1)N(C)c1cccc(C(C)=O)c1. The topological polar surface area (TPSA) is 94.2 Å². The van der Waals surface area contributed by atoms with Crippen LogP contribution in [0.5, 0.6) is 5.75 Å². The Kier molecular flexibility index (Phi) is 24.6. The third-order valence-electron chi connectivity index (χ3n) is 8.05. The number of allylic oxidation sites excluding steroid dienone is 3. The highest BCUT2D eigenvalue weighted by molar-refractivity contribution is 7.98. The van der Waals surface area contributed by atoms with Crippen molar-refractivity contribution in [2.24, 2.45) is 5.92 Å². The fraction of sp³-hybridized carbons (Fsp3) is 0.432. The van der Waals surface area contributed by atoms with Gasteiger partial charge in [-0.15, -0.1) is 11.8 Å². The number of anilines is 1. The Hall–Kier alpha value is -4.50. The Balaban J connectivity index is 0.000000502. The van der Waals surface area contributed by atoms with Crippen LogP contribution in [-0.2, 0) is 25.7 Å². The number of thioether (sulfide) groups is 1. The molecule has 0 saturated heterocycles. The molecule has 0 aromatic heterocycles. The summed E-state index contributed by atoms with van der Waals surface area (Å²) in [5.41, 5.74) is 4.10. The van der Waals surface area contributed by atoms with E-state index in [0.29, 0.717) is 25.7 Å². The first-order chi connectivity index (χ1) is 25.8. The van der Waals surface area contributed by atoms with Gasteiger partial charge in [-0.05, 0) is 80.3 Å². The second kappa shape index (κ2) is 28.1. The largest absolute Gasteiger partial charge is 0.494 e. The molecule has 0 spiro atoms. The zero-order valence-electron chi connectivity index (χ0n) is 33.4. The maximum Gasteiger partial charge on any atom is 0.220 e. The van der Waals surface area contributed by atoms with Gasteiger partial charge < -0.3 is 29.2 Å². The summed E-state index contributed by atoms with van der Waals surface area (Å²) in [5, 5.41) is 2.98. The molecule has 3 aromatic rings. The number of aldehydes is 1. The van der Waals surface area contributed by atoms with Gasteiger partial charge in [0.05, 0.1) is 19.1 Å². The molecule has 1 aliphatic carbocycles. The highest BCUT2D eigenvalue weighted by Gasteiger charge is 2.18. The third kappa shape index (κ3) is 17.3. The first kappa shape index (κ1) is 46.5. The third-order valence-corrected chi connectivity index (χ3v) is 9.09. The molecule has 2 unspecified atom stereocenters. The minimum atomic E-state index is -0.0644. The van der Waals surface area contributed by atoms with Crippen LogP contribution in [-0.4, -0.2) is 51.5 Å². The van der Waals surface area contributed by atoms with Gasteiger partial charge in [-0.25, -0.2) is 0 Å². The Labute approximate surface area is 323 Å². The Morgan fingerprint density at radius 2 is 1.68 bits per heavy atom. The van der Waals surface area contributed by atoms with E-state index in [1.54, 1.807) is 25.8 Å². The van der Waals surface area contributed by atoms with Crippen LogP contribution in [0.1, 0.15) is 101 Å². The van der Waals surface area contributed by atoms with Gasteiger partial charge >= 0.3 is 0 Å². The molecule has 2 atom stereocenters. The number of hydrogen-bond acceptors (Lipinski definition) is 8. The van der Waals surface area contributed by atoms with Gasteiger partial charge in [-0.1, -0.05) is 88.4 Å². The number of benzene rings is 3. The highest BCUT2D eigenvalue weighted by Crippen LogP contribution is 2.34. The molecule has 1 N–H and O–H groups in total. The van der Waals surface area contributed by atoms with Crippen LogP contribution in [0.15, 0.2) is 103 Å². The maximum absolute atomic E-state index is 11.7. The molecule has 290 valence electrons. The number of carbonyl (C=O) groups excluding carboxylic acids is 3. The Morgan fingerprint density at radius 1 is 0.981 bits per heavy atom. The van der Waals surface area contributed by atoms with Gasteiger partial charge in [-0.3, -0.25) is 9.59 Å². The average molecular weight is 747 g/mol. The molecule has 4 rings (SSSR count). The molecule has 9 heteroatoms. The minimum Gasteiger partial charge on any atom is -0.494 e. The van der Waals surface area contributed by atoms with Gasteiger partial charge in [0.25, 0.3) is 0 Å². The predicted octanol–water partition coefficient (Wildman–Crippen LogP) is 10.4. The molecule has 3 aromatic carbocycles. The molecule has 0 fully saturated rings. The second-order valence-corrected chi connectivity index (χ2v) is 12.5. The van der Waals surface area contributed by atoms with Crippen LogP contribution >= 0.6 is 11.8 Å². The van der Waals surface area contributed by atoms with E-state index in [1.165, 1.54) is 5.56 Å². The van der Waals surface area contributed by atoms with Crippen LogP contribution in [0.25, 0.3) is 0 Å². The molecule has 0 heterocycles. The minimum absolute atomic E-state index is 0.0644. The first-order valence-corrected chi connectivity index (χ1v) is 20.0. The predicted molar refractivity (Wildman–Crippen MR) is 221 cm³/mol. The summed E-state index contributed by atoms with van der Waals surface area (Å²) >= 11 is 1.76. The maximum atomic E-state index is 11.7. The lowest BCUT2D eigenvalue weighted by molar-refractivity contribution is -0.122. The van der Waals surface area contributed by atoms with Gasteiger partial charge in [0.15, 0.2) is 11.5 Å². The van der Waals surface area contributed by atoms with E-state index in [0.717, 1.165) is 59.6 Å². The Morgan fingerprint density at radius 3 is 2.28 bits per heavy atom. The summed E-state index contributed by atoms with van der Waals surface area (Å²) < 4.78 is 16.8. The van der Waals surface area contributed by atoms with Crippen LogP contribution < -0.4 is 15.0 Å². The van der Waals surface area contributed by atoms with E-state index in [9.17, 15) is 14.4 Å². The zero-order chi connectivity index (χ0) is 39.4. The van der Waals surface area contributed by atoms with Crippen LogP contribution in [0.2, 0.25) is 0 Å².